The normalized spacial score (nSPS) is 11.8. The molecule has 1 atom stereocenters. The van der Waals surface area contributed by atoms with Crippen LogP contribution in [0, 0.1) is 0 Å². The highest BCUT2D eigenvalue weighted by molar-refractivity contribution is 7.15. The molecule has 0 saturated carbocycles. The van der Waals surface area contributed by atoms with Gasteiger partial charge in [-0.25, -0.2) is 4.79 Å². The second-order valence-electron chi connectivity index (χ2n) is 5.52. The van der Waals surface area contributed by atoms with Gasteiger partial charge < -0.3 is 10.1 Å². The number of hydrogen-bond donors (Lipinski definition) is 2. The van der Waals surface area contributed by atoms with Gasteiger partial charge in [0.05, 0.1) is 0 Å². The van der Waals surface area contributed by atoms with Crippen molar-refractivity contribution in [3.05, 3.63) is 40.9 Å². The largest absolute Gasteiger partial charge is 0.445 e. The average molecular weight is 348 g/mol. The number of nitrogens with one attached hydrogen (secondary N) is 2. The van der Waals surface area contributed by atoms with Crippen LogP contribution in [0.3, 0.4) is 0 Å². The molecule has 2 N–H and O–H groups in total. The van der Waals surface area contributed by atoms with E-state index in [9.17, 15) is 9.59 Å². The Labute approximate surface area is 144 Å². The van der Waals surface area contributed by atoms with Crippen LogP contribution in [0.5, 0.6) is 0 Å². The summed E-state index contributed by atoms with van der Waals surface area (Å²) in [6, 6.07) is 8.56. The first-order chi connectivity index (χ1) is 11.5. The van der Waals surface area contributed by atoms with Crippen molar-refractivity contribution < 1.29 is 14.3 Å². The van der Waals surface area contributed by atoms with Crippen LogP contribution in [0.4, 0.5) is 9.93 Å². The van der Waals surface area contributed by atoms with Gasteiger partial charge in [-0.2, -0.15) is 0 Å². The first kappa shape index (κ1) is 17.9. The molecule has 1 heterocycles. The van der Waals surface area contributed by atoms with Crippen LogP contribution in [0.1, 0.15) is 37.3 Å². The summed E-state index contributed by atoms with van der Waals surface area (Å²) in [4.78, 5) is 23.8. The fourth-order valence-corrected chi connectivity index (χ4v) is 2.49. The van der Waals surface area contributed by atoms with Crippen LogP contribution < -0.4 is 10.6 Å². The first-order valence-electron chi connectivity index (χ1n) is 7.57. The number of ether oxygens (including phenoxy) is 1. The molecule has 0 aliphatic heterocycles. The van der Waals surface area contributed by atoms with Crippen molar-refractivity contribution in [2.24, 2.45) is 0 Å². The molecule has 24 heavy (non-hydrogen) atoms. The van der Waals surface area contributed by atoms with E-state index in [2.05, 4.69) is 20.8 Å². The monoisotopic (exact) mass is 348 g/mol. The van der Waals surface area contributed by atoms with Gasteiger partial charge in [-0.15, -0.1) is 10.2 Å². The zero-order valence-electron chi connectivity index (χ0n) is 13.8. The lowest BCUT2D eigenvalue weighted by Gasteiger charge is -2.13. The Morgan fingerprint density at radius 2 is 1.88 bits per heavy atom. The van der Waals surface area contributed by atoms with E-state index in [0.29, 0.717) is 5.13 Å². The van der Waals surface area contributed by atoms with Gasteiger partial charge in [-0.3, -0.25) is 10.1 Å². The van der Waals surface area contributed by atoms with Crippen LogP contribution in [0.25, 0.3) is 0 Å². The SMILES string of the molecule is CC(NC(=O)OCc1ccccc1)C(=O)Nc1nnc(C(C)C)s1. The minimum atomic E-state index is -0.750. The van der Waals surface area contributed by atoms with E-state index in [1.165, 1.54) is 11.3 Å². The zero-order chi connectivity index (χ0) is 17.5. The van der Waals surface area contributed by atoms with Gasteiger partial charge in [0.15, 0.2) is 0 Å². The molecule has 0 bridgehead atoms. The smallest absolute Gasteiger partial charge is 0.408 e. The molecule has 0 radical (unpaired) electrons. The van der Waals surface area contributed by atoms with Crippen LogP contribution in [0.15, 0.2) is 30.3 Å². The summed E-state index contributed by atoms with van der Waals surface area (Å²) in [5, 5.41) is 14.3. The van der Waals surface area contributed by atoms with Gasteiger partial charge in [0.2, 0.25) is 11.0 Å². The molecule has 1 aromatic carbocycles. The Morgan fingerprint density at radius 3 is 2.50 bits per heavy atom. The summed E-state index contributed by atoms with van der Waals surface area (Å²) < 4.78 is 5.08. The summed E-state index contributed by atoms with van der Waals surface area (Å²) in [7, 11) is 0. The minimum Gasteiger partial charge on any atom is -0.445 e. The Morgan fingerprint density at radius 1 is 1.17 bits per heavy atom. The van der Waals surface area contributed by atoms with Crippen LogP contribution in [0.2, 0.25) is 0 Å². The Hall–Kier alpha value is -2.48. The average Bonchev–Trinajstić information content (AvgIpc) is 3.02. The molecule has 0 aliphatic carbocycles. The molecule has 1 aromatic heterocycles. The predicted octanol–water partition coefficient (Wildman–Crippen LogP) is 2.91. The highest BCUT2D eigenvalue weighted by Crippen LogP contribution is 2.22. The number of carbonyl (C=O) groups is 2. The Kier molecular flexibility index (Phi) is 6.25. The van der Waals surface area contributed by atoms with Gasteiger partial charge in [-0.1, -0.05) is 55.5 Å². The number of rotatable bonds is 6. The van der Waals surface area contributed by atoms with E-state index in [1.54, 1.807) is 6.92 Å². The summed E-state index contributed by atoms with van der Waals surface area (Å²) >= 11 is 1.32. The van der Waals surface area contributed by atoms with E-state index in [-0.39, 0.29) is 18.4 Å². The third-order valence-electron chi connectivity index (χ3n) is 3.11. The second kappa shape index (κ2) is 8.39. The summed E-state index contributed by atoms with van der Waals surface area (Å²) in [5.41, 5.74) is 0.875. The number of carbonyl (C=O) groups excluding carboxylic acids is 2. The molecule has 0 spiro atoms. The molecule has 128 valence electrons. The van der Waals surface area contributed by atoms with Crippen LogP contribution in [-0.2, 0) is 16.1 Å². The van der Waals surface area contributed by atoms with E-state index in [4.69, 9.17) is 4.74 Å². The number of benzene rings is 1. The van der Waals surface area contributed by atoms with Gasteiger partial charge in [0.25, 0.3) is 0 Å². The summed E-state index contributed by atoms with van der Waals surface area (Å²) in [6.45, 7) is 5.72. The van der Waals surface area contributed by atoms with Gasteiger partial charge >= 0.3 is 6.09 Å². The fraction of sp³-hybridized carbons (Fsp3) is 0.375. The lowest BCUT2D eigenvalue weighted by Crippen LogP contribution is -2.41. The number of alkyl carbamates (subject to hydrolysis) is 1. The van der Waals surface area contributed by atoms with Crippen LogP contribution >= 0.6 is 11.3 Å². The zero-order valence-corrected chi connectivity index (χ0v) is 14.6. The van der Waals surface area contributed by atoms with Crippen molar-refractivity contribution in [1.29, 1.82) is 0 Å². The molecule has 2 rings (SSSR count). The molecule has 0 aliphatic rings. The maximum atomic E-state index is 12.1. The van der Waals surface area contributed by atoms with Gasteiger partial charge in [0, 0.05) is 5.92 Å². The molecule has 1 unspecified atom stereocenters. The highest BCUT2D eigenvalue weighted by atomic mass is 32.1. The summed E-state index contributed by atoms with van der Waals surface area (Å²) in [5.74, 6) is -0.130. The van der Waals surface area contributed by atoms with Crippen molar-refractivity contribution in [2.75, 3.05) is 5.32 Å². The van der Waals surface area contributed by atoms with Crippen LogP contribution in [-0.4, -0.2) is 28.2 Å². The first-order valence-corrected chi connectivity index (χ1v) is 8.39. The van der Waals surface area contributed by atoms with Crippen molar-refractivity contribution in [3.8, 4) is 0 Å². The second-order valence-corrected chi connectivity index (χ2v) is 6.53. The third-order valence-corrected chi connectivity index (χ3v) is 4.24. The molecular weight excluding hydrogens is 328 g/mol. The fourth-order valence-electron chi connectivity index (χ4n) is 1.74. The van der Waals surface area contributed by atoms with Crippen molar-refractivity contribution >= 4 is 28.5 Å². The van der Waals surface area contributed by atoms with Crippen molar-refractivity contribution in [1.82, 2.24) is 15.5 Å². The Balaban J connectivity index is 1.78. The lowest BCUT2D eigenvalue weighted by atomic mass is 10.2. The molecule has 7 nitrogen and oxygen atoms in total. The maximum absolute atomic E-state index is 12.1. The number of anilines is 1. The van der Waals surface area contributed by atoms with E-state index in [0.717, 1.165) is 10.6 Å². The number of nitrogens with zero attached hydrogens (tertiary/aromatic N) is 2. The van der Waals surface area contributed by atoms with E-state index >= 15 is 0 Å². The third kappa shape index (κ3) is 5.31. The highest BCUT2D eigenvalue weighted by Gasteiger charge is 2.18. The number of hydrogen-bond acceptors (Lipinski definition) is 6. The molecule has 8 heteroatoms. The van der Waals surface area contributed by atoms with Crippen molar-refractivity contribution in [2.45, 2.75) is 39.3 Å². The molecular formula is C16H20N4O3S. The lowest BCUT2D eigenvalue weighted by molar-refractivity contribution is -0.117. The minimum absolute atomic E-state index is 0.148. The molecule has 0 saturated heterocycles. The van der Waals surface area contributed by atoms with Gasteiger partial charge in [0.1, 0.15) is 17.7 Å². The van der Waals surface area contributed by atoms with Gasteiger partial charge in [-0.05, 0) is 12.5 Å². The topological polar surface area (TPSA) is 93.2 Å². The quantitative estimate of drug-likeness (QED) is 0.837. The van der Waals surface area contributed by atoms with E-state index < -0.39 is 12.1 Å². The van der Waals surface area contributed by atoms with Crippen molar-refractivity contribution in [3.63, 3.8) is 0 Å². The molecule has 0 fully saturated rings. The number of aromatic nitrogens is 2. The standard InChI is InChI=1S/C16H20N4O3S/c1-10(2)14-19-20-15(24-14)18-13(21)11(3)17-16(22)23-9-12-7-5-4-6-8-12/h4-8,10-11H,9H2,1-3H3,(H,17,22)(H,18,20,21). The van der Waals surface area contributed by atoms with E-state index in [1.807, 2.05) is 44.2 Å². The molecule has 2 aromatic rings. The molecule has 2 amide bonds. The predicted molar refractivity (Wildman–Crippen MR) is 91.9 cm³/mol. The maximum Gasteiger partial charge on any atom is 0.408 e. The Bertz CT molecular complexity index is 688. The number of amides is 2. The summed E-state index contributed by atoms with van der Waals surface area (Å²) in [6.07, 6.45) is -0.651.